The van der Waals surface area contributed by atoms with E-state index in [1.54, 1.807) is 0 Å². The maximum Gasteiger partial charge on any atom is 0.264 e. The largest absolute Gasteiger partial charge is 0.380 e. The van der Waals surface area contributed by atoms with Crippen LogP contribution in [0.5, 0.6) is 0 Å². The van der Waals surface area contributed by atoms with Gasteiger partial charge in [0.05, 0.1) is 28.4 Å². The van der Waals surface area contributed by atoms with Gasteiger partial charge in [-0.25, -0.2) is 0 Å². The molecule has 1 saturated heterocycles. The van der Waals surface area contributed by atoms with Crippen molar-refractivity contribution in [1.29, 1.82) is 0 Å². The minimum absolute atomic E-state index is 0.0706. The fourth-order valence-corrected chi connectivity index (χ4v) is 5.57. The molecule has 0 atom stereocenters. The summed E-state index contributed by atoms with van der Waals surface area (Å²) < 4.78 is 7.30. The van der Waals surface area contributed by atoms with Crippen LogP contribution in [0.3, 0.4) is 0 Å². The minimum Gasteiger partial charge on any atom is -0.380 e. The van der Waals surface area contributed by atoms with Crippen LogP contribution in [0.1, 0.15) is 69.2 Å². The number of nitrogens with one attached hydrogen (secondary N) is 1. The van der Waals surface area contributed by atoms with Crippen LogP contribution in [0.25, 0.3) is 10.2 Å². The van der Waals surface area contributed by atoms with Crippen molar-refractivity contribution < 1.29 is 14.3 Å². The molecule has 1 fully saturated rings. The molecular formula is C25H33N5O3S. The van der Waals surface area contributed by atoms with E-state index in [-0.39, 0.29) is 17.7 Å². The molecule has 182 valence electrons. The standard InChI is InChI=1S/C25H33N5O3S/c1-5-13-33-14-10-26-23(31)19-7-6-16(2)27-22(19)18-8-11-30(12-9-18)24(32)21-15-20-17(3)28-29(4)25(20)34-21/h6-7,15,18H,5,8-14H2,1-4H3,(H,26,31). The highest BCUT2D eigenvalue weighted by Gasteiger charge is 2.29. The van der Waals surface area contributed by atoms with Crippen molar-refractivity contribution in [3.8, 4) is 0 Å². The van der Waals surface area contributed by atoms with E-state index < -0.39 is 0 Å². The first-order chi connectivity index (χ1) is 16.4. The summed E-state index contributed by atoms with van der Waals surface area (Å²) in [6.07, 6.45) is 2.53. The molecule has 4 heterocycles. The van der Waals surface area contributed by atoms with E-state index in [0.717, 1.165) is 51.4 Å². The Kier molecular flexibility index (Phi) is 7.63. The molecule has 0 saturated carbocycles. The zero-order chi connectivity index (χ0) is 24.2. The van der Waals surface area contributed by atoms with Gasteiger partial charge in [-0.1, -0.05) is 6.92 Å². The van der Waals surface area contributed by atoms with E-state index in [1.807, 2.05) is 48.7 Å². The number of ether oxygens (including phenoxy) is 1. The van der Waals surface area contributed by atoms with Gasteiger partial charge in [-0.2, -0.15) is 5.10 Å². The van der Waals surface area contributed by atoms with Crippen LogP contribution in [0.2, 0.25) is 0 Å². The van der Waals surface area contributed by atoms with Gasteiger partial charge in [0.2, 0.25) is 0 Å². The van der Waals surface area contributed by atoms with Crippen LogP contribution >= 0.6 is 11.3 Å². The van der Waals surface area contributed by atoms with Gasteiger partial charge in [-0.15, -0.1) is 11.3 Å². The van der Waals surface area contributed by atoms with Crippen molar-refractivity contribution in [2.75, 3.05) is 32.8 Å². The normalized spacial score (nSPS) is 14.6. The van der Waals surface area contributed by atoms with E-state index in [1.165, 1.54) is 11.3 Å². The Morgan fingerprint density at radius 2 is 1.97 bits per heavy atom. The smallest absolute Gasteiger partial charge is 0.264 e. The highest BCUT2D eigenvalue weighted by molar-refractivity contribution is 7.20. The molecule has 0 unspecified atom stereocenters. The molecule has 0 radical (unpaired) electrons. The van der Waals surface area contributed by atoms with E-state index in [0.29, 0.717) is 38.4 Å². The molecule has 0 spiro atoms. The molecule has 3 aromatic heterocycles. The predicted molar refractivity (Wildman–Crippen MR) is 134 cm³/mol. The number of pyridine rings is 1. The summed E-state index contributed by atoms with van der Waals surface area (Å²) in [5.74, 6) is 0.103. The molecule has 34 heavy (non-hydrogen) atoms. The lowest BCUT2D eigenvalue weighted by molar-refractivity contribution is 0.0715. The van der Waals surface area contributed by atoms with Gasteiger partial charge in [0, 0.05) is 50.3 Å². The number of fused-ring (bicyclic) bond motifs is 1. The van der Waals surface area contributed by atoms with E-state index in [4.69, 9.17) is 9.72 Å². The number of thiophene rings is 1. The van der Waals surface area contributed by atoms with Crippen LogP contribution in [0, 0.1) is 13.8 Å². The van der Waals surface area contributed by atoms with Gasteiger partial charge >= 0.3 is 0 Å². The maximum atomic E-state index is 13.2. The minimum atomic E-state index is -0.115. The van der Waals surface area contributed by atoms with Crippen LogP contribution in [0.15, 0.2) is 18.2 Å². The number of aromatic nitrogens is 3. The summed E-state index contributed by atoms with van der Waals surface area (Å²) in [7, 11) is 1.91. The van der Waals surface area contributed by atoms with Crippen molar-refractivity contribution in [1.82, 2.24) is 25.0 Å². The number of likely N-dealkylation sites (tertiary alicyclic amines) is 1. The van der Waals surface area contributed by atoms with E-state index in [9.17, 15) is 9.59 Å². The summed E-state index contributed by atoms with van der Waals surface area (Å²) in [6.45, 7) is 8.94. The molecule has 0 aromatic carbocycles. The third-order valence-corrected chi connectivity index (χ3v) is 7.45. The van der Waals surface area contributed by atoms with Gasteiger partial charge in [-0.3, -0.25) is 19.3 Å². The molecule has 1 N–H and O–H groups in total. The number of aryl methyl sites for hydroxylation is 3. The Hall–Kier alpha value is -2.78. The second kappa shape index (κ2) is 10.7. The zero-order valence-electron chi connectivity index (χ0n) is 20.4. The van der Waals surface area contributed by atoms with Crippen LogP contribution < -0.4 is 5.32 Å². The molecule has 1 aliphatic heterocycles. The number of hydrogen-bond acceptors (Lipinski definition) is 6. The van der Waals surface area contributed by atoms with Gasteiger partial charge < -0.3 is 15.0 Å². The molecule has 4 rings (SSSR count). The summed E-state index contributed by atoms with van der Waals surface area (Å²) >= 11 is 1.50. The number of carbonyl (C=O) groups is 2. The Morgan fingerprint density at radius 3 is 2.68 bits per heavy atom. The summed E-state index contributed by atoms with van der Waals surface area (Å²) in [6, 6.07) is 5.71. The number of nitrogens with zero attached hydrogens (tertiary/aromatic N) is 4. The van der Waals surface area contributed by atoms with Crippen molar-refractivity contribution in [2.24, 2.45) is 7.05 Å². The monoisotopic (exact) mass is 483 g/mol. The summed E-state index contributed by atoms with van der Waals surface area (Å²) in [4.78, 5) is 34.5. The molecule has 8 nitrogen and oxygen atoms in total. The summed E-state index contributed by atoms with van der Waals surface area (Å²) in [5, 5.41) is 8.42. The van der Waals surface area contributed by atoms with Gasteiger partial charge in [0.15, 0.2) is 0 Å². The van der Waals surface area contributed by atoms with Gasteiger partial charge in [0.1, 0.15) is 4.83 Å². The number of rotatable bonds is 8. The molecule has 1 aliphatic rings. The highest BCUT2D eigenvalue weighted by atomic mass is 32.1. The van der Waals surface area contributed by atoms with Crippen LogP contribution in [0.4, 0.5) is 0 Å². The predicted octanol–water partition coefficient (Wildman–Crippen LogP) is 3.82. The number of carbonyl (C=O) groups excluding carboxylic acids is 2. The Labute approximate surface area is 204 Å². The third-order valence-electron chi connectivity index (χ3n) is 6.26. The molecule has 0 bridgehead atoms. The molecule has 2 amide bonds. The SMILES string of the molecule is CCCOCCNC(=O)c1ccc(C)nc1C1CCN(C(=O)c2cc3c(C)nn(C)c3s2)CC1. The number of hydrogen-bond donors (Lipinski definition) is 1. The first-order valence-corrected chi connectivity index (χ1v) is 12.8. The second-order valence-electron chi connectivity index (χ2n) is 8.86. The highest BCUT2D eigenvalue weighted by Crippen LogP contribution is 2.32. The lowest BCUT2D eigenvalue weighted by Gasteiger charge is -2.32. The van der Waals surface area contributed by atoms with Crippen molar-refractivity contribution in [2.45, 2.75) is 46.0 Å². The topological polar surface area (TPSA) is 89.3 Å². The zero-order valence-corrected chi connectivity index (χ0v) is 21.2. The average molecular weight is 484 g/mol. The lowest BCUT2D eigenvalue weighted by atomic mass is 9.89. The van der Waals surface area contributed by atoms with Gasteiger partial charge in [-0.05, 0) is 51.3 Å². The van der Waals surface area contributed by atoms with Crippen LogP contribution in [-0.2, 0) is 11.8 Å². The first-order valence-electron chi connectivity index (χ1n) is 11.9. The fourth-order valence-electron chi connectivity index (χ4n) is 4.48. The van der Waals surface area contributed by atoms with E-state index >= 15 is 0 Å². The number of amides is 2. The average Bonchev–Trinajstić information content (AvgIpc) is 3.39. The van der Waals surface area contributed by atoms with Crippen molar-refractivity contribution >= 4 is 33.4 Å². The molecule has 3 aromatic rings. The molecular weight excluding hydrogens is 450 g/mol. The first kappa shape index (κ1) is 24.3. The van der Waals surface area contributed by atoms with Gasteiger partial charge in [0.25, 0.3) is 11.8 Å². The lowest BCUT2D eigenvalue weighted by Crippen LogP contribution is -2.38. The Balaban J connectivity index is 1.41. The molecule has 9 heteroatoms. The van der Waals surface area contributed by atoms with Crippen molar-refractivity contribution in [3.63, 3.8) is 0 Å². The second-order valence-corrected chi connectivity index (χ2v) is 9.89. The molecule has 0 aliphatic carbocycles. The maximum absolute atomic E-state index is 13.2. The quantitative estimate of drug-likeness (QED) is 0.492. The third kappa shape index (κ3) is 5.15. The summed E-state index contributed by atoms with van der Waals surface area (Å²) in [5.41, 5.74) is 3.30. The Morgan fingerprint density at radius 1 is 1.21 bits per heavy atom. The van der Waals surface area contributed by atoms with E-state index in [2.05, 4.69) is 17.3 Å². The van der Waals surface area contributed by atoms with Crippen LogP contribution in [-0.4, -0.2) is 64.3 Å². The Bertz CT molecular complexity index is 1140. The number of piperidine rings is 1. The fraction of sp³-hybridized carbons (Fsp3) is 0.520. The van der Waals surface area contributed by atoms with Crippen molar-refractivity contribution in [3.05, 3.63) is 45.7 Å².